The van der Waals surface area contributed by atoms with Crippen molar-refractivity contribution in [2.45, 2.75) is 18.5 Å². The fraction of sp³-hybridized carbons (Fsp3) is 0.571. The van der Waals surface area contributed by atoms with Gasteiger partial charge >= 0.3 is 6.18 Å². The van der Waals surface area contributed by atoms with E-state index in [4.69, 9.17) is 0 Å². The molecule has 1 aromatic heterocycles. The van der Waals surface area contributed by atoms with Gasteiger partial charge in [-0.25, -0.2) is 0 Å². The zero-order chi connectivity index (χ0) is 9.47. The molecule has 2 N–H and O–H groups in total. The van der Waals surface area contributed by atoms with Gasteiger partial charge in [-0.1, -0.05) is 0 Å². The Hall–Kier alpha value is -1.20. The summed E-state index contributed by atoms with van der Waals surface area (Å²) >= 11 is 0. The lowest BCUT2D eigenvalue weighted by Crippen LogP contribution is -2.27. The Labute approximate surface area is 72.3 Å². The van der Waals surface area contributed by atoms with E-state index < -0.39 is 12.1 Å². The first-order chi connectivity index (χ1) is 6.09. The van der Waals surface area contributed by atoms with Crippen molar-refractivity contribution in [2.75, 3.05) is 11.9 Å². The summed E-state index contributed by atoms with van der Waals surface area (Å²) in [6.45, 7) is 0.333. The molecule has 0 radical (unpaired) electrons. The third-order valence-electron chi connectivity index (χ3n) is 2.17. The van der Waals surface area contributed by atoms with E-state index in [9.17, 15) is 13.2 Å². The third kappa shape index (κ3) is 1.36. The fourth-order valence-corrected chi connectivity index (χ4v) is 1.54. The van der Waals surface area contributed by atoms with Crippen molar-refractivity contribution >= 4 is 5.82 Å². The molecule has 1 aromatic rings. The molecular formula is C7H8F3N3. The van der Waals surface area contributed by atoms with Crippen molar-refractivity contribution in [1.82, 2.24) is 10.2 Å². The van der Waals surface area contributed by atoms with Gasteiger partial charge in [-0.05, 0) is 6.42 Å². The van der Waals surface area contributed by atoms with Crippen molar-refractivity contribution in [3.8, 4) is 0 Å². The molecule has 0 fully saturated rings. The maximum atomic E-state index is 12.4. The highest BCUT2D eigenvalue weighted by atomic mass is 19.4. The van der Waals surface area contributed by atoms with Crippen molar-refractivity contribution in [2.24, 2.45) is 0 Å². The van der Waals surface area contributed by atoms with Gasteiger partial charge in [0.1, 0.15) is 5.82 Å². The van der Waals surface area contributed by atoms with Crippen molar-refractivity contribution < 1.29 is 13.2 Å². The maximum absolute atomic E-state index is 12.4. The van der Waals surface area contributed by atoms with Crippen LogP contribution in [0, 0.1) is 0 Å². The standard InChI is InChI=1S/C7H8F3N3/c8-7(9,10)5-1-2-11-6-4(5)3-12-13-6/h3,5H,1-2H2,(H2,11,12,13). The number of rotatable bonds is 0. The normalized spacial score (nSPS) is 22.2. The third-order valence-corrected chi connectivity index (χ3v) is 2.17. The van der Waals surface area contributed by atoms with Crippen LogP contribution in [0.5, 0.6) is 0 Å². The molecule has 0 saturated carbocycles. The molecule has 1 aliphatic rings. The number of aromatic amines is 1. The summed E-state index contributed by atoms with van der Waals surface area (Å²) in [7, 11) is 0. The minimum atomic E-state index is -4.17. The zero-order valence-corrected chi connectivity index (χ0v) is 6.65. The van der Waals surface area contributed by atoms with Crippen LogP contribution in [0.25, 0.3) is 0 Å². The Kier molecular flexibility index (Phi) is 1.71. The summed E-state index contributed by atoms with van der Waals surface area (Å²) in [5.74, 6) is -0.976. The zero-order valence-electron chi connectivity index (χ0n) is 6.65. The Morgan fingerprint density at radius 2 is 2.23 bits per heavy atom. The molecule has 1 unspecified atom stereocenters. The summed E-state index contributed by atoms with van der Waals surface area (Å²) in [4.78, 5) is 0. The Morgan fingerprint density at radius 3 is 2.92 bits per heavy atom. The maximum Gasteiger partial charge on any atom is 0.396 e. The molecule has 2 heterocycles. The molecule has 0 saturated heterocycles. The first-order valence-corrected chi connectivity index (χ1v) is 3.93. The second kappa shape index (κ2) is 2.65. The van der Waals surface area contributed by atoms with Gasteiger partial charge in [0.2, 0.25) is 0 Å². The van der Waals surface area contributed by atoms with E-state index in [1.54, 1.807) is 0 Å². The van der Waals surface area contributed by atoms with Gasteiger partial charge < -0.3 is 5.32 Å². The van der Waals surface area contributed by atoms with Crippen LogP contribution in [0.15, 0.2) is 6.20 Å². The summed E-state index contributed by atoms with van der Waals surface area (Å²) in [6.07, 6.45) is -2.85. The van der Waals surface area contributed by atoms with Gasteiger partial charge in [0.15, 0.2) is 0 Å². The molecule has 0 aliphatic carbocycles. The van der Waals surface area contributed by atoms with Crippen molar-refractivity contribution in [3.63, 3.8) is 0 Å². The first-order valence-electron chi connectivity index (χ1n) is 3.93. The van der Waals surface area contributed by atoms with Crippen LogP contribution in [0.4, 0.5) is 19.0 Å². The van der Waals surface area contributed by atoms with Crippen LogP contribution in [-0.4, -0.2) is 22.9 Å². The number of alkyl halides is 3. The average molecular weight is 191 g/mol. The molecule has 0 aromatic carbocycles. The predicted octanol–water partition coefficient (Wildman–Crippen LogP) is 1.87. The Balaban J connectivity index is 2.35. The van der Waals surface area contributed by atoms with Gasteiger partial charge in [0, 0.05) is 12.1 Å². The smallest absolute Gasteiger partial charge is 0.370 e. The monoisotopic (exact) mass is 191 g/mol. The number of H-pyrrole nitrogens is 1. The van der Waals surface area contributed by atoms with E-state index in [0.717, 1.165) is 0 Å². The first kappa shape index (κ1) is 8.40. The highest BCUT2D eigenvalue weighted by Crippen LogP contribution is 2.41. The lowest BCUT2D eigenvalue weighted by atomic mass is 9.94. The van der Waals surface area contributed by atoms with E-state index in [-0.39, 0.29) is 12.0 Å². The lowest BCUT2D eigenvalue weighted by Gasteiger charge is -2.24. The van der Waals surface area contributed by atoms with E-state index in [1.807, 2.05) is 0 Å². The number of hydrogen-bond donors (Lipinski definition) is 2. The second-order valence-electron chi connectivity index (χ2n) is 3.01. The van der Waals surface area contributed by atoms with Gasteiger partial charge in [0.05, 0.1) is 12.1 Å². The molecule has 1 aliphatic heterocycles. The highest BCUT2D eigenvalue weighted by Gasteiger charge is 2.43. The fourth-order valence-electron chi connectivity index (χ4n) is 1.54. The molecule has 2 rings (SSSR count). The molecule has 0 bridgehead atoms. The van der Waals surface area contributed by atoms with Crippen molar-refractivity contribution in [1.29, 1.82) is 0 Å². The molecule has 1 atom stereocenters. The molecular weight excluding hydrogens is 183 g/mol. The van der Waals surface area contributed by atoms with Gasteiger partial charge in [-0.2, -0.15) is 18.3 Å². The van der Waals surface area contributed by atoms with Crippen molar-refractivity contribution in [3.05, 3.63) is 11.8 Å². The number of nitrogens with zero attached hydrogens (tertiary/aromatic N) is 1. The van der Waals surface area contributed by atoms with Crippen LogP contribution in [0.2, 0.25) is 0 Å². The average Bonchev–Trinajstić information content (AvgIpc) is 2.48. The molecule has 13 heavy (non-hydrogen) atoms. The van der Waals surface area contributed by atoms with Gasteiger partial charge in [-0.15, -0.1) is 0 Å². The molecule has 3 nitrogen and oxygen atoms in total. The SMILES string of the molecule is FC(F)(F)C1CCNc2[nH]ncc21. The minimum absolute atomic E-state index is 0.0794. The number of nitrogens with one attached hydrogen (secondary N) is 2. The number of halogens is 3. The molecule has 0 spiro atoms. The lowest BCUT2D eigenvalue weighted by molar-refractivity contribution is -0.151. The quantitative estimate of drug-likeness (QED) is 0.657. The van der Waals surface area contributed by atoms with Crippen LogP contribution < -0.4 is 5.32 Å². The second-order valence-corrected chi connectivity index (χ2v) is 3.01. The van der Waals surface area contributed by atoms with Crippen LogP contribution >= 0.6 is 0 Å². The number of hydrogen-bond acceptors (Lipinski definition) is 2. The summed E-state index contributed by atoms with van der Waals surface area (Å²) < 4.78 is 37.3. The Morgan fingerprint density at radius 1 is 1.46 bits per heavy atom. The van der Waals surface area contributed by atoms with E-state index in [1.165, 1.54) is 6.20 Å². The number of fused-ring (bicyclic) bond motifs is 1. The van der Waals surface area contributed by atoms with E-state index >= 15 is 0 Å². The summed E-state index contributed by atoms with van der Waals surface area (Å²) in [5.41, 5.74) is 0.221. The topological polar surface area (TPSA) is 40.7 Å². The van der Waals surface area contributed by atoms with Crippen LogP contribution in [0.1, 0.15) is 17.9 Å². The molecule has 72 valence electrons. The molecule has 6 heteroatoms. The summed E-state index contributed by atoms with van der Waals surface area (Å²) in [5, 5.41) is 8.91. The van der Waals surface area contributed by atoms with Gasteiger partial charge in [-0.3, -0.25) is 5.10 Å². The van der Waals surface area contributed by atoms with E-state index in [0.29, 0.717) is 12.4 Å². The number of anilines is 1. The van der Waals surface area contributed by atoms with Crippen LogP contribution in [0.3, 0.4) is 0 Å². The van der Waals surface area contributed by atoms with E-state index in [2.05, 4.69) is 15.5 Å². The minimum Gasteiger partial charge on any atom is -0.370 e. The number of aromatic nitrogens is 2. The van der Waals surface area contributed by atoms with Crippen LogP contribution in [-0.2, 0) is 0 Å². The van der Waals surface area contributed by atoms with Gasteiger partial charge in [0.25, 0.3) is 0 Å². The Bertz CT molecular complexity index is 304. The highest BCUT2D eigenvalue weighted by molar-refractivity contribution is 5.47. The predicted molar refractivity (Wildman–Crippen MR) is 40.5 cm³/mol. The summed E-state index contributed by atoms with van der Waals surface area (Å²) in [6, 6.07) is 0. The largest absolute Gasteiger partial charge is 0.396 e. The molecule has 0 amide bonds.